The third-order valence-corrected chi connectivity index (χ3v) is 4.23. The molecule has 2 aliphatic rings. The lowest BCUT2D eigenvalue weighted by atomic mass is 10.1. The first kappa shape index (κ1) is 14.2. The summed E-state index contributed by atoms with van der Waals surface area (Å²) in [5, 5.41) is 6.39. The molecule has 0 bridgehead atoms. The maximum absolute atomic E-state index is 12.4. The molecule has 2 heterocycles. The van der Waals surface area contributed by atoms with Crippen molar-refractivity contribution in [2.45, 2.75) is 31.9 Å². The van der Waals surface area contributed by atoms with Gasteiger partial charge in [-0.1, -0.05) is 19.1 Å². The second-order valence-electron chi connectivity index (χ2n) is 5.72. The van der Waals surface area contributed by atoms with Crippen molar-refractivity contribution in [1.82, 2.24) is 10.2 Å². The van der Waals surface area contributed by atoms with Crippen LogP contribution in [0.2, 0.25) is 0 Å². The fourth-order valence-corrected chi connectivity index (χ4v) is 3.01. The van der Waals surface area contributed by atoms with E-state index >= 15 is 0 Å². The van der Waals surface area contributed by atoms with E-state index in [1.807, 2.05) is 24.3 Å². The number of rotatable bonds is 3. The Bertz CT molecular complexity index is 506. The minimum Gasteiger partial charge on any atom is -0.477 e. The lowest BCUT2D eigenvalue weighted by Crippen LogP contribution is -2.53. The lowest BCUT2D eigenvalue weighted by molar-refractivity contribution is -0.128. The van der Waals surface area contributed by atoms with E-state index in [-0.39, 0.29) is 11.9 Å². The van der Waals surface area contributed by atoms with Gasteiger partial charge < -0.3 is 20.3 Å². The standard InChI is InChI=1S/C16H23N3O2/c1-2-19-9-5-6-12(11-19)18-16(20)15-10-17-13-7-3-4-8-14(13)21-15/h3-4,7-8,12,15,17H,2,5-6,9-11H2,1H3,(H,18,20). The Morgan fingerprint density at radius 3 is 3.19 bits per heavy atom. The molecule has 0 spiro atoms. The molecule has 0 aliphatic carbocycles. The van der Waals surface area contributed by atoms with Crippen LogP contribution in [0, 0.1) is 0 Å². The number of ether oxygens (including phenoxy) is 1. The highest BCUT2D eigenvalue weighted by molar-refractivity contribution is 5.83. The van der Waals surface area contributed by atoms with Crippen molar-refractivity contribution in [2.24, 2.45) is 0 Å². The average molecular weight is 289 g/mol. The van der Waals surface area contributed by atoms with E-state index in [9.17, 15) is 4.79 Å². The zero-order valence-electron chi connectivity index (χ0n) is 12.5. The molecule has 1 amide bonds. The van der Waals surface area contributed by atoms with Crippen LogP contribution in [0.1, 0.15) is 19.8 Å². The summed E-state index contributed by atoms with van der Waals surface area (Å²) < 4.78 is 5.80. The smallest absolute Gasteiger partial charge is 0.263 e. The molecule has 0 radical (unpaired) electrons. The summed E-state index contributed by atoms with van der Waals surface area (Å²) in [4.78, 5) is 14.8. The van der Waals surface area contributed by atoms with Gasteiger partial charge in [-0.3, -0.25) is 4.79 Å². The van der Waals surface area contributed by atoms with E-state index in [1.54, 1.807) is 0 Å². The monoisotopic (exact) mass is 289 g/mol. The average Bonchev–Trinajstić information content (AvgIpc) is 2.54. The summed E-state index contributed by atoms with van der Waals surface area (Å²) in [5.74, 6) is 0.739. The van der Waals surface area contributed by atoms with Crippen LogP contribution in [0.4, 0.5) is 5.69 Å². The first-order chi connectivity index (χ1) is 10.3. The maximum Gasteiger partial charge on any atom is 0.263 e. The normalized spacial score (nSPS) is 25.4. The third-order valence-electron chi connectivity index (χ3n) is 4.23. The molecule has 1 aromatic carbocycles. The number of para-hydroxylation sites is 2. The molecule has 1 aromatic rings. The van der Waals surface area contributed by atoms with Crippen LogP contribution >= 0.6 is 0 Å². The summed E-state index contributed by atoms with van der Waals surface area (Å²) in [6.45, 7) is 5.81. The number of nitrogens with one attached hydrogen (secondary N) is 2. The van der Waals surface area contributed by atoms with Crippen LogP contribution in [-0.2, 0) is 4.79 Å². The van der Waals surface area contributed by atoms with Gasteiger partial charge >= 0.3 is 0 Å². The Hall–Kier alpha value is -1.75. The van der Waals surface area contributed by atoms with Crippen LogP contribution in [0.5, 0.6) is 5.75 Å². The summed E-state index contributed by atoms with van der Waals surface area (Å²) >= 11 is 0. The first-order valence-electron chi connectivity index (χ1n) is 7.78. The van der Waals surface area contributed by atoms with Crippen molar-refractivity contribution in [3.8, 4) is 5.75 Å². The SMILES string of the molecule is CCN1CCCC(NC(=O)C2CNc3ccccc3O2)C1. The van der Waals surface area contributed by atoms with Gasteiger partial charge in [-0.05, 0) is 38.1 Å². The summed E-state index contributed by atoms with van der Waals surface area (Å²) in [5.41, 5.74) is 0.955. The van der Waals surface area contributed by atoms with E-state index in [0.717, 1.165) is 43.9 Å². The lowest BCUT2D eigenvalue weighted by Gasteiger charge is -2.34. The van der Waals surface area contributed by atoms with Gasteiger partial charge in [0.15, 0.2) is 6.10 Å². The van der Waals surface area contributed by atoms with Gasteiger partial charge in [0, 0.05) is 12.6 Å². The maximum atomic E-state index is 12.4. The first-order valence-corrected chi connectivity index (χ1v) is 7.78. The molecule has 1 fully saturated rings. The predicted octanol–water partition coefficient (Wildman–Crippen LogP) is 1.46. The molecule has 2 unspecified atom stereocenters. The van der Waals surface area contributed by atoms with E-state index < -0.39 is 6.10 Å². The van der Waals surface area contributed by atoms with Crippen LogP contribution in [-0.4, -0.2) is 49.1 Å². The van der Waals surface area contributed by atoms with Gasteiger partial charge in [0.25, 0.3) is 5.91 Å². The van der Waals surface area contributed by atoms with Crippen molar-refractivity contribution in [3.63, 3.8) is 0 Å². The Kier molecular flexibility index (Phi) is 4.29. The third kappa shape index (κ3) is 3.29. The van der Waals surface area contributed by atoms with Gasteiger partial charge in [-0.15, -0.1) is 0 Å². The molecule has 2 atom stereocenters. The van der Waals surface area contributed by atoms with Crippen LogP contribution < -0.4 is 15.4 Å². The fraction of sp³-hybridized carbons (Fsp3) is 0.562. The Morgan fingerprint density at radius 1 is 1.48 bits per heavy atom. The molecule has 114 valence electrons. The van der Waals surface area contributed by atoms with E-state index in [2.05, 4.69) is 22.5 Å². The minimum absolute atomic E-state index is 0.0139. The van der Waals surface area contributed by atoms with Gasteiger partial charge in [0.05, 0.1) is 12.2 Å². The number of carbonyl (C=O) groups is 1. The van der Waals surface area contributed by atoms with Gasteiger partial charge in [-0.25, -0.2) is 0 Å². The Labute approximate surface area is 125 Å². The number of hydrogen-bond donors (Lipinski definition) is 2. The topological polar surface area (TPSA) is 53.6 Å². The van der Waals surface area contributed by atoms with Gasteiger partial charge in [0.1, 0.15) is 5.75 Å². The highest BCUT2D eigenvalue weighted by atomic mass is 16.5. The second kappa shape index (κ2) is 6.35. The molecule has 5 nitrogen and oxygen atoms in total. The van der Waals surface area contributed by atoms with E-state index in [0.29, 0.717) is 6.54 Å². The van der Waals surface area contributed by atoms with Crippen molar-refractivity contribution in [2.75, 3.05) is 31.5 Å². The number of hydrogen-bond acceptors (Lipinski definition) is 4. The van der Waals surface area contributed by atoms with Crippen LogP contribution in [0.3, 0.4) is 0 Å². The summed E-state index contributed by atoms with van der Waals surface area (Å²) in [6.07, 6.45) is 1.75. The van der Waals surface area contributed by atoms with Crippen molar-refractivity contribution in [3.05, 3.63) is 24.3 Å². The zero-order valence-corrected chi connectivity index (χ0v) is 12.5. The molecular weight excluding hydrogens is 266 g/mol. The molecule has 21 heavy (non-hydrogen) atoms. The number of fused-ring (bicyclic) bond motifs is 1. The highest BCUT2D eigenvalue weighted by Crippen LogP contribution is 2.28. The quantitative estimate of drug-likeness (QED) is 0.884. The van der Waals surface area contributed by atoms with Crippen molar-refractivity contribution < 1.29 is 9.53 Å². The predicted molar refractivity (Wildman–Crippen MR) is 82.6 cm³/mol. The van der Waals surface area contributed by atoms with E-state index in [4.69, 9.17) is 4.74 Å². The molecule has 0 saturated carbocycles. The highest BCUT2D eigenvalue weighted by Gasteiger charge is 2.28. The molecule has 1 saturated heterocycles. The largest absolute Gasteiger partial charge is 0.477 e. The Morgan fingerprint density at radius 2 is 2.33 bits per heavy atom. The number of anilines is 1. The summed E-state index contributed by atoms with van der Waals surface area (Å²) in [7, 11) is 0. The number of likely N-dealkylation sites (tertiary alicyclic amines) is 1. The van der Waals surface area contributed by atoms with Crippen LogP contribution in [0.25, 0.3) is 0 Å². The second-order valence-corrected chi connectivity index (χ2v) is 5.72. The molecule has 5 heteroatoms. The number of amides is 1. The fourth-order valence-electron chi connectivity index (χ4n) is 3.01. The van der Waals surface area contributed by atoms with Gasteiger partial charge in [0.2, 0.25) is 0 Å². The number of carbonyl (C=O) groups excluding carboxylic acids is 1. The molecule has 2 N–H and O–H groups in total. The summed E-state index contributed by atoms with van der Waals surface area (Å²) in [6, 6.07) is 7.97. The molecule has 0 aromatic heterocycles. The number of nitrogens with zero attached hydrogens (tertiary/aromatic N) is 1. The van der Waals surface area contributed by atoms with E-state index in [1.165, 1.54) is 0 Å². The molecule has 3 rings (SSSR count). The number of piperidine rings is 1. The number of likely N-dealkylation sites (N-methyl/N-ethyl adjacent to an activating group) is 1. The van der Waals surface area contributed by atoms with Crippen molar-refractivity contribution >= 4 is 11.6 Å². The molecular formula is C16H23N3O2. The van der Waals surface area contributed by atoms with Gasteiger partial charge in [-0.2, -0.15) is 0 Å². The Balaban J connectivity index is 1.57. The van der Waals surface area contributed by atoms with Crippen molar-refractivity contribution in [1.29, 1.82) is 0 Å². The van der Waals surface area contributed by atoms with Crippen LogP contribution in [0.15, 0.2) is 24.3 Å². The molecule has 2 aliphatic heterocycles. The number of benzene rings is 1. The minimum atomic E-state index is -0.447. The zero-order chi connectivity index (χ0) is 14.7.